The zero-order chi connectivity index (χ0) is 14.9. The molecule has 6 heteroatoms. The zero-order valence-electron chi connectivity index (χ0n) is 12.1. The smallest absolute Gasteiger partial charge is 0.209 e. The van der Waals surface area contributed by atoms with Gasteiger partial charge in [0.25, 0.3) is 0 Å². The zero-order valence-corrected chi connectivity index (χ0v) is 15.5. The van der Waals surface area contributed by atoms with Crippen LogP contribution in [0.2, 0.25) is 18.1 Å². The van der Waals surface area contributed by atoms with E-state index in [0.29, 0.717) is 0 Å². The Kier molecular flexibility index (Phi) is 5.04. The van der Waals surface area contributed by atoms with Gasteiger partial charge in [0.1, 0.15) is 8.24 Å². The maximum atomic E-state index is 12.3. The highest BCUT2D eigenvalue weighted by molar-refractivity contribution is 9.10. The fraction of sp³-hybridized carbons (Fsp3) is 0.538. The maximum Gasteiger partial charge on any atom is 0.209 e. The van der Waals surface area contributed by atoms with Gasteiger partial charge in [0.15, 0.2) is 0 Å². The Hall–Kier alpha value is -0.173. The van der Waals surface area contributed by atoms with E-state index in [1.807, 2.05) is 37.4 Å². The Morgan fingerprint density at radius 3 is 2.05 bits per heavy atom. The average molecular weight is 364 g/mol. The van der Waals surface area contributed by atoms with Crippen molar-refractivity contribution >= 4 is 34.2 Å². The van der Waals surface area contributed by atoms with Crippen LogP contribution in [-0.2, 0) is 15.8 Å². The standard InChI is InChI=1S/C13H22BrNO2SSi/c1-13(2,3)19(4,5)15-18(16,17)10-11-6-8-12(14)9-7-11/h6-9,15H,10H2,1-5H3. The first-order valence-electron chi connectivity index (χ1n) is 6.19. The Morgan fingerprint density at radius 1 is 1.16 bits per heavy atom. The molecule has 0 spiro atoms. The molecule has 108 valence electrons. The fourth-order valence-electron chi connectivity index (χ4n) is 1.38. The molecule has 1 aromatic carbocycles. The molecule has 3 nitrogen and oxygen atoms in total. The first kappa shape index (κ1) is 16.9. The summed E-state index contributed by atoms with van der Waals surface area (Å²) in [6, 6.07) is 7.37. The molecule has 0 bridgehead atoms. The number of halogens is 1. The number of rotatable bonds is 4. The third-order valence-corrected chi connectivity index (χ3v) is 11.8. The van der Waals surface area contributed by atoms with Crippen LogP contribution in [0.3, 0.4) is 0 Å². The molecule has 1 N–H and O–H groups in total. The molecule has 0 aliphatic carbocycles. The summed E-state index contributed by atoms with van der Waals surface area (Å²) in [6.45, 7) is 10.3. The van der Waals surface area contributed by atoms with Crippen molar-refractivity contribution in [2.24, 2.45) is 0 Å². The molecule has 0 unspecified atom stereocenters. The van der Waals surface area contributed by atoms with E-state index < -0.39 is 18.3 Å². The third-order valence-electron chi connectivity index (χ3n) is 3.56. The van der Waals surface area contributed by atoms with E-state index in [4.69, 9.17) is 0 Å². The first-order chi connectivity index (χ1) is 8.43. The molecule has 0 saturated heterocycles. The SMILES string of the molecule is CC(C)(C)[Si](C)(C)NS(=O)(=O)Cc1ccc(Br)cc1. The topological polar surface area (TPSA) is 46.2 Å². The minimum atomic E-state index is -3.29. The molecule has 0 radical (unpaired) electrons. The summed E-state index contributed by atoms with van der Waals surface area (Å²) in [5, 5.41) is -0.0141. The molecule has 0 aliphatic heterocycles. The lowest BCUT2D eigenvalue weighted by Crippen LogP contribution is -2.54. The Balaban J connectivity index is 2.86. The van der Waals surface area contributed by atoms with Crippen LogP contribution in [0, 0.1) is 0 Å². The summed E-state index contributed by atoms with van der Waals surface area (Å²) in [6.07, 6.45) is 0. The molecule has 0 amide bonds. The Bertz CT molecular complexity index is 533. The van der Waals surface area contributed by atoms with Gasteiger partial charge >= 0.3 is 0 Å². The number of benzene rings is 1. The molecule has 0 heterocycles. The number of nitrogens with one attached hydrogen (secondary N) is 1. The molecular weight excluding hydrogens is 342 g/mol. The highest BCUT2D eigenvalue weighted by atomic mass is 79.9. The third kappa shape index (κ3) is 5.02. The average Bonchev–Trinajstić information content (AvgIpc) is 2.17. The van der Waals surface area contributed by atoms with E-state index in [0.717, 1.165) is 10.0 Å². The second kappa shape index (κ2) is 5.67. The van der Waals surface area contributed by atoms with E-state index in [2.05, 4.69) is 41.1 Å². The van der Waals surface area contributed by atoms with Crippen LogP contribution in [-0.4, -0.2) is 16.7 Å². The molecular formula is C13H22BrNO2SSi. The van der Waals surface area contributed by atoms with Crippen LogP contribution in [0.15, 0.2) is 28.7 Å². The Labute approximate surface area is 126 Å². The number of sulfonamides is 1. The summed E-state index contributed by atoms with van der Waals surface area (Å²) in [5.41, 5.74) is 0.800. The quantitative estimate of drug-likeness (QED) is 0.825. The van der Waals surface area contributed by atoms with Gasteiger partial charge < -0.3 is 0 Å². The van der Waals surface area contributed by atoms with Gasteiger partial charge in [0, 0.05) is 4.47 Å². The first-order valence-corrected chi connectivity index (χ1v) is 11.6. The summed E-state index contributed by atoms with van der Waals surface area (Å²) in [5.74, 6) is 0.0345. The predicted molar refractivity (Wildman–Crippen MR) is 87.1 cm³/mol. The fourth-order valence-corrected chi connectivity index (χ4v) is 6.90. The van der Waals surface area contributed by atoms with Crippen molar-refractivity contribution in [3.05, 3.63) is 34.3 Å². The lowest BCUT2D eigenvalue weighted by atomic mass is 10.2. The highest BCUT2D eigenvalue weighted by Crippen LogP contribution is 2.34. The van der Waals surface area contributed by atoms with Crippen LogP contribution >= 0.6 is 15.9 Å². The van der Waals surface area contributed by atoms with E-state index in [1.54, 1.807) is 0 Å². The largest absolute Gasteiger partial charge is 0.237 e. The van der Waals surface area contributed by atoms with E-state index in [-0.39, 0.29) is 10.8 Å². The van der Waals surface area contributed by atoms with Gasteiger partial charge in [0.2, 0.25) is 10.0 Å². The number of hydrogen-bond acceptors (Lipinski definition) is 2. The van der Waals surface area contributed by atoms with Crippen molar-refractivity contribution < 1.29 is 8.42 Å². The lowest BCUT2D eigenvalue weighted by Gasteiger charge is -2.36. The van der Waals surface area contributed by atoms with Crippen molar-refractivity contribution in [3.8, 4) is 0 Å². The van der Waals surface area contributed by atoms with Gasteiger partial charge in [-0.3, -0.25) is 0 Å². The molecule has 0 aromatic heterocycles. The number of hydrogen-bond donors (Lipinski definition) is 1. The van der Waals surface area contributed by atoms with Gasteiger partial charge in [-0.2, -0.15) is 0 Å². The Morgan fingerprint density at radius 2 is 1.63 bits per heavy atom. The second-order valence-corrected chi connectivity index (χ2v) is 14.4. The van der Waals surface area contributed by atoms with Crippen molar-refractivity contribution in [2.75, 3.05) is 0 Å². The molecule has 0 fully saturated rings. The molecule has 1 rings (SSSR count). The molecule has 19 heavy (non-hydrogen) atoms. The minimum absolute atomic E-state index is 0.0141. The van der Waals surface area contributed by atoms with Crippen LogP contribution in [0.5, 0.6) is 0 Å². The maximum absolute atomic E-state index is 12.3. The summed E-state index contributed by atoms with van der Waals surface area (Å²) in [7, 11) is -5.34. The van der Waals surface area contributed by atoms with Crippen LogP contribution < -0.4 is 4.39 Å². The van der Waals surface area contributed by atoms with Crippen LogP contribution in [0.25, 0.3) is 0 Å². The summed E-state index contributed by atoms with van der Waals surface area (Å²) < 4.78 is 28.4. The highest BCUT2D eigenvalue weighted by Gasteiger charge is 2.38. The summed E-state index contributed by atoms with van der Waals surface area (Å²) in [4.78, 5) is 0. The van der Waals surface area contributed by atoms with Gasteiger partial charge in [-0.05, 0) is 22.7 Å². The van der Waals surface area contributed by atoms with E-state index >= 15 is 0 Å². The summed E-state index contributed by atoms with van der Waals surface area (Å²) >= 11 is 3.34. The van der Waals surface area contributed by atoms with E-state index in [1.165, 1.54) is 0 Å². The van der Waals surface area contributed by atoms with Gasteiger partial charge in [-0.15, -0.1) is 0 Å². The molecule has 1 aromatic rings. The minimum Gasteiger partial charge on any atom is -0.237 e. The second-order valence-electron chi connectivity index (χ2n) is 6.36. The molecule has 0 atom stereocenters. The van der Waals surface area contributed by atoms with Crippen molar-refractivity contribution in [1.29, 1.82) is 0 Å². The lowest BCUT2D eigenvalue weighted by molar-refractivity contribution is 0.588. The molecule has 0 aliphatic rings. The predicted octanol–water partition coefficient (Wildman–Crippen LogP) is 3.87. The van der Waals surface area contributed by atoms with E-state index in [9.17, 15) is 8.42 Å². The molecule has 0 saturated carbocycles. The van der Waals surface area contributed by atoms with Crippen LogP contribution in [0.4, 0.5) is 0 Å². The van der Waals surface area contributed by atoms with Crippen molar-refractivity contribution in [1.82, 2.24) is 4.39 Å². The monoisotopic (exact) mass is 363 g/mol. The van der Waals surface area contributed by atoms with Crippen LogP contribution in [0.1, 0.15) is 26.3 Å². The van der Waals surface area contributed by atoms with Crippen molar-refractivity contribution in [3.63, 3.8) is 0 Å². The normalized spacial score (nSPS) is 13.6. The van der Waals surface area contributed by atoms with Gasteiger partial charge in [0.05, 0.1) is 5.75 Å². The van der Waals surface area contributed by atoms with Gasteiger partial charge in [-0.25, -0.2) is 12.8 Å². The van der Waals surface area contributed by atoms with Crippen molar-refractivity contribution in [2.45, 2.75) is 44.7 Å². The van der Waals surface area contributed by atoms with Gasteiger partial charge in [-0.1, -0.05) is 61.9 Å².